The number of hydrazine groups is 1. The lowest BCUT2D eigenvalue weighted by molar-refractivity contribution is -0.141. The van der Waals surface area contributed by atoms with Gasteiger partial charge in [0.2, 0.25) is 0 Å². The van der Waals surface area contributed by atoms with Gasteiger partial charge in [-0.25, -0.2) is 15.4 Å². The third kappa shape index (κ3) is 3.57. The maximum atomic E-state index is 14.0. The number of aryl methyl sites for hydroxylation is 1. The molecular weight excluding hydrogens is 525 g/mol. The lowest BCUT2D eigenvalue weighted by atomic mass is 9.99. The first-order valence-corrected chi connectivity index (χ1v) is 11.6. The first kappa shape index (κ1) is 21.0. The number of imidazole rings is 1. The quantitative estimate of drug-likeness (QED) is 0.329. The summed E-state index contributed by atoms with van der Waals surface area (Å²) < 4.78 is 71.9. The molecule has 1 aliphatic rings. The number of nitrogens with one attached hydrogen (secondary N) is 1. The zero-order valence-electron chi connectivity index (χ0n) is 22.5. The maximum absolute atomic E-state index is 14.0. The molecule has 1 amide bonds. The van der Waals surface area contributed by atoms with Crippen LogP contribution in [0.15, 0.2) is 36.7 Å². The molecule has 0 radical (unpaired) electrons. The van der Waals surface area contributed by atoms with Crippen LogP contribution in [-0.2, 0) is 24.6 Å². The summed E-state index contributed by atoms with van der Waals surface area (Å²) in [5, 5.41) is 6.13. The number of nitrogens with zero attached hydrogens (tertiary/aromatic N) is 6. The number of hydrogen-bond donors (Lipinski definition) is 2. The lowest BCUT2D eigenvalue weighted by Gasteiger charge is -2.35. The van der Waals surface area contributed by atoms with Crippen LogP contribution in [0.5, 0.6) is 0 Å². The van der Waals surface area contributed by atoms with Crippen molar-refractivity contribution >= 4 is 50.8 Å². The largest absolute Gasteiger partial charge is 0.433 e. The molecule has 1 atom stereocenters. The summed E-state index contributed by atoms with van der Waals surface area (Å²) in [5.74, 6) is -0.577. The highest BCUT2D eigenvalue weighted by molar-refractivity contribution is 6.36. The van der Waals surface area contributed by atoms with Gasteiger partial charge >= 0.3 is 6.18 Å². The number of fused-ring (bicyclic) bond motifs is 6. The van der Waals surface area contributed by atoms with E-state index in [4.69, 9.17) is 26.2 Å². The summed E-state index contributed by atoms with van der Waals surface area (Å²) in [6.07, 6.45) is -2.74. The molecule has 0 fully saturated rings. The number of amides is 1. The van der Waals surface area contributed by atoms with Gasteiger partial charge in [0, 0.05) is 40.8 Å². The van der Waals surface area contributed by atoms with Crippen LogP contribution in [0.1, 0.15) is 37.3 Å². The molecule has 4 aromatic heterocycles. The second-order valence-corrected chi connectivity index (χ2v) is 9.13. The van der Waals surface area contributed by atoms with Gasteiger partial charge in [0.05, 0.1) is 41.9 Å². The third-order valence-electron chi connectivity index (χ3n) is 6.64. The first-order chi connectivity index (χ1) is 19.2. The standard InChI is InChI=1S/C24H20ClF3N8O2/c1-30-36(16-10-38-9-14-12(16)5-6-35-17(24(26,27)28)8-31-22(14)35)23(37)11-3-4-15-13(7-11)19-18(21(29)32-15)20(25)33-34(19)2/h3-8,16,30H,9-10H2,1-2H3,(H2,29,32)/i1D3. The Hall–Kier alpha value is -3.94. The van der Waals surface area contributed by atoms with Crippen molar-refractivity contribution in [2.45, 2.75) is 18.8 Å². The Morgan fingerprint density at radius 1 is 1.37 bits per heavy atom. The van der Waals surface area contributed by atoms with Gasteiger partial charge in [-0.15, -0.1) is 0 Å². The van der Waals surface area contributed by atoms with E-state index in [9.17, 15) is 18.0 Å². The van der Waals surface area contributed by atoms with E-state index in [-0.39, 0.29) is 35.4 Å². The molecule has 38 heavy (non-hydrogen) atoms. The number of nitrogen functional groups attached to an aromatic ring is 1. The summed E-state index contributed by atoms with van der Waals surface area (Å²) >= 11 is 6.24. The number of carbonyl (C=O) groups is 1. The Labute approximate surface area is 221 Å². The van der Waals surface area contributed by atoms with Gasteiger partial charge in [0.15, 0.2) is 5.15 Å². The highest BCUT2D eigenvalue weighted by Gasteiger charge is 2.37. The van der Waals surface area contributed by atoms with E-state index in [0.717, 1.165) is 9.41 Å². The fourth-order valence-corrected chi connectivity index (χ4v) is 5.24. The molecular formula is C24H20ClF3N8O2. The number of rotatable bonds is 3. The van der Waals surface area contributed by atoms with Crippen LogP contribution >= 0.6 is 11.6 Å². The fourth-order valence-electron chi connectivity index (χ4n) is 4.94. The van der Waals surface area contributed by atoms with Crippen LogP contribution in [0.25, 0.3) is 27.5 Å². The second kappa shape index (κ2) is 8.55. The van der Waals surface area contributed by atoms with Crippen molar-refractivity contribution in [2.75, 3.05) is 19.3 Å². The fraction of sp³-hybridized carbons (Fsp3) is 0.250. The van der Waals surface area contributed by atoms with Crippen molar-refractivity contribution in [1.29, 1.82) is 0 Å². The molecule has 0 saturated carbocycles. The summed E-state index contributed by atoms with van der Waals surface area (Å²) in [6, 6.07) is 4.94. The molecule has 14 heteroatoms. The van der Waals surface area contributed by atoms with Gasteiger partial charge in [0.1, 0.15) is 17.2 Å². The molecule has 1 aliphatic heterocycles. The van der Waals surface area contributed by atoms with E-state index in [2.05, 4.69) is 20.5 Å². The van der Waals surface area contributed by atoms with Gasteiger partial charge in [-0.3, -0.25) is 18.9 Å². The Morgan fingerprint density at radius 2 is 2.18 bits per heavy atom. The van der Waals surface area contributed by atoms with E-state index >= 15 is 0 Å². The van der Waals surface area contributed by atoms with E-state index in [1.54, 1.807) is 13.1 Å². The van der Waals surface area contributed by atoms with Gasteiger partial charge in [-0.05, 0) is 29.8 Å². The summed E-state index contributed by atoms with van der Waals surface area (Å²) in [7, 11) is 1.65. The molecule has 5 heterocycles. The molecule has 196 valence electrons. The number of benzene rings is 1. The van der Waals surface area contributed by atoms with Crippen LogP contribution in [0, 0.1) is 0 Å². The van der Waals surface area contributed by atoms with Gasteiger partial charge in [-0.2, -0.15) is 18.3 Å². The first-order valence-electron chi connectivity index (χ1n) is 12.7. The van der Waals surface area contributed by atoms with E-state index < -0.39 is 30.8 Å². The predicted molar refractivity (Wildman–Crippen MR) is 133 cm³/mol. The summed E-state index contributed by atoms with van der Waals surface area (Å²) in [4.78, 5) is 22.3. The van der Waals surface area contributed by atoms with E-state index in [0.29, 0.717) is 39.1 Å². The minimum absolute atomic E-state index is 0.00865. The average Bonchev–Trinajstić information content (AvgIpc) is 3.47. The monoisotopic (exact) mass is 547 g/mol. The molecule has 3 N–H and O–H groups in total. The molecule has 1 unspecified atom stereocenters. The molecule has 10 nitrogen and oxygen atoms in total. The van der Waals surface area contributed by atoms with E-state index in [1.807, 2.05) is 0 Å². The number of hydrogen-bond acceptors (Lipinski definition) is 7. The van der Waals surface area contributed by atoms with Gasteiger partial charge in [0.25, 0.3) is 5.91 Å². The minimum atomic E-state index is -4.65. The summed E-state index contributed by atoms with van der Waals surface area (Å²) in [6.45, 7) is -3.01. The van der Waals surface area contributed by atoms with Crippen molar-refractivity contribution in [1.82, 2.24) is 34.6 Å². The van der Waals surface area contributed by atoms with E-state index in [1.165, 1.54) is 29.1 Å². The highest BCUT2D eigenvalue weighted by Crippen LogP contribution is 2.36. The Kier molecular flexibility index (Phi) is 4.73. The van der Waals surface area contributed by atoms with Crippen molar-refractivity contribution in [3.05, 3.63) is 64.2 Å². The molecule has 0 aliphatic carbocycles. The number of aromatic nitrogens is 5. The van der Waals surface area contributed by atoms with Crippen LogP contribution in [0.4, 0.5) is 19.0 Å². The molecule has 6 rings (SSSR count). The average molecular weight is 548 g/mol. The van der Waals surface area contributed by atoms with Gasteiger partial charge in [-0.1, -0.05) is 11.6 Å². The Morgan fingerprint density at radius 3 is 2.95 bits per heavy atom. The van der Waals surface area contributed by atoms with Gasteiger partial charge < -0.3 is 10.5 Å². The number of anilines is 1. The van der Waals surface area contributed by atoms with Crippen LogP contribution in [-0.4, -0.2) is 48.6 Å². The number of halogens is 4. The van der Waals surface area contributed by atoms with Crippen LogP contribution in [0.2, 0.25) is 5.15 Å². The Balaban J connectivity index is 1.48. The molecule has 5 aromatic rings. The van der Waals surface area contributed by atoms with Crippen LogP contribution in [0.3, 0.4) is 0 Å². The van der Waals surface area contributed by atoms with Crippen LogP contribution < -0.4 is 11.2 Å². The SMILES string of the molecule is [2H]C([2H])([2H])NN(C(=O)c1ccc2nc(N)c3c(Cl)nn(C)c3c2c1)C1COCc2c1ccn1c(C(F)(F)F)cnc21. The highest BCUT2D eigenvalue weighted by atomic mass is 35.5. The number of carbonyl (C=O) groups excluding carboxylic acids is 1. The normalized spacial score (nSPS) is 17.4. The summed E-state index contributed by atoms with van der Waals surface area (Å²) in [5.41, 5.74) is 9.13. The topological polar surface area (TPSA) is 116 Å². The minimum Gasteiger partial charge on any atom is -0.383 e. The zero-order valence-corrected chi connectivity index (χ0v) is 20.3. The second-order valence-electron chi connectivity index (χ2n) is 8.77. The lowest BCUT2D eigenvalue weighted by Crippen LogP contribution is -2.46. The van der Waals surface area contributed by atoms with Crippen molar-refractivity contribution in [2.24, 2.45) is 7.05 Å². The number of nitrogens with two attached hydrogens (primary N) is 1. The number of alkyl halides is 3. The van der Waals surface area contributed by atoms with Crippen molar-refractivity contribution in [3.63, 3.8) is 0 Å². The third-order valence-corrected chi connectivity index (χ3v) is 6.91. The zero-order chi connectivity index (χ0) is 29.4. The van der Waals surface area contributed by atoms with Crippen molar-refractivity contribution in [3.8, 4) is 0 Å². The maximum Gasteiger partial charge on any atom is 0.433 e. The molecule has 0 bridgehead atoms. The molecule has 0 spiro atoms. The predicted octanol–water partition coefficient (Wildman–Crippen LogP) is 3.87. The van der Waals surface area contributed by atoms with Crippen molar-refractivity contribution < 1.29 is 26.8 Å². The Bertz CT molecular complexity index is 1870. The molecule has 0 saturated heterocycles. The number of pyridine rings is 2. The number of ether oxygens (including phenoxy) is 1. The molecule has 1 aromatic carbocycles. The smallest absolute Gasteiger partial charge is 0.383 e.